The minimum absolute atomic E-state index is 0.110. The molecule has 31 heavy (non-hydrogen) atoms. The summed E-state index contributed by atoms with van der Waals surface area (Å²) >= 11 is 0. The molecule has 3 unspecified atom stereocenters. The monoisotopic (exact) mass is 448 g/mol. The predicted molar refractivity (Wildman–Crippen MR) is 116 cm³/mol. The molecule has 5 atom stereocenters. The third-order valence-electron chi connectivity index (χ3n) is 8.67. The van der Waals surface area contributed by atoms with Crippen LogP contribution in [0.2, 0.25) is 0 Å². The van der Waals surface area contributed by atoms with Crippen molar-refractivity contribution in [3.63, 3.8) is 0 Å². The van der Waals surface area contributed by atoms with E-state index in [0.717, 1.165) is 38.5 Å². The van der Waals surface area contributed by atoms with Gasteiger partial charge in [0.25, 0.3) is 0 Å². The van der Waals surface area contributed by atoms with Crippen LogP contribution in [-0.4, -0.2) is 37.8 Å². The molecule has 0 radical (unpaired) electrons. The largest absolute Gasteiger partial charge is 0.354 e. The fraction of sp³-hybridized carbons (Fsp3) is 0.708. The van der Waals surface area contributed by atoms with Gasteiger partial charge in [-0.3, -0.25) is 4.79 Å². The molecule has 3 aliphatic carbocycles. The Morgan fingerprint density at radius 3 is 2.71 bits per heavy atom. The first-order valence-corrected chi connectivity index (χ1v) is 13.2. The van der Waals surface area contributed by atoms with Crippen molar-refractivity contribution in [1.82, 2.24) is 9.62 Å². The molecule has 4 aliphatic rings. The SMILES string of the molecule is C[C@@]12CCC[C@@]3(C(=O)NCC4CCCN4S(=O)(=O)c4ccc(F)cc4)CC(CC3C1)C2. The number of hydrogen-bond acceptors (Lipinski definition) is 3. The van der Waals surface area contributed by atoms with Crippen LogP contribution in [0.4, 0.5) is 4.39 Å². The molecule has 4 fully saturated rings. The Balaban J connectivity index is 1.29. The van der Waals surface area contributed by atoms with Crippen LogP contribution < -0.4 is 5.32 Å². The van der Waals surface area contributed by atoms with Crippen LogP contribution in [0.5, 0.6) is 0 Å². The number of carbonyl (C=O) groups is 1. The van der Waals surface area contributed by atoms with E-state index in [1.165, 1.54) is 47.8 Å². The summed E-state index contributed by atoms with van der Waals surface area (Å²) in [6.07, 6.45) is 9.41. The van der Waals surface area contributed by atoms with Crippen LogP contribution >= 0.6 is 0 Å². The number of amides is 1. The van der Waals surface area contributed by atoms with E-state index in [2.05, 4.69) is 12.2 Å². The maximum Gasteiger partial charge on any atom is 0.243 e. The van der Waals surface area contributed by atoms with Crippen LogP contribution in [0, 0.1) is 28.5 Å². The van der Waals surface area contributed by atoms with Gasteiger partial charge in [-0.05, 0) is 92.9 Å². The van der Waals surface area contributed by atoms with Crippen LogP contribution in [-0.2, 0) is 14.8 Å². The Morgan fingerprint density at radius 2 is 1.94 bits per heavy atom. The number of benzene rings is 1. The standard InChI is InChI=1S/C24H33FN2O3S/c1-23-9-3-10-24(14-17(13-23)12-18(24)15-23)22(28)26-16-20-4-2-11-27(20)31(29,30)21-7-5-19(25)6-8-21/h5-8,17-18,20H,2-4,9-16H2,1H3,(H,26,28)/t17?,18?,20?,23-,24+/m0/s1. The van der Waals surface area contributed by atoms with Gasteiger partial charge in [0, 0.05) is 19.1 Å². The van der Waals surface area contributed by atoms with E-state index in [9.17, 15) is 17.6 Å². The zero-order valence-corrected chi connectivity index (χ0v) is 19.1. The van der Waals surface area contributed by atoms with E-state index in [0.29, 0.717) is 30.3 Å². The normalized spacial score (nSPS) is 37.7. The summed E-state index contributed by atoms with van der Waals surface area (Å²) in [6, 6.07) is 4.75. The van der Waals surface area contributed by atoms with Crippen molar-refractivity contribution in [2.75, 3.05) is 13.1 Å². The molecule has 5 nitrogen and oxygen atoms in total. The predicted octanol–water partition coefficient (Wildman–Crippen LogP) is 4.09. The number of hydrogen-bond donors (Lipinski definition) is 1. The third-order valence-corrected chi connectivity index (χ3v) is 10.6. The van der Waals surface area contributed by atoms with Crippen molar-refractivity contribution in [3.05, 3.63) is 30.1 Å². The van der Waals surface area contributed by atoms with Crippen LogP contribution in [0.3, 0.4) is 0 Å². The molecule has 0 aromatic heterocycles. The Morgan fingerprint density at radius 1 is 1.16 bits per heavy atom. The van der Waals surface area contributed by atoms with E-state index in [1.807, 2.05) is 0 Å². The summed E-state index contributed by atoms with van der Waals surface area (Å²) < 4.78 is 41.0. The summed E-state index contributed by atoms with van der Waals surface area (Å²) in [4.78, 5) is 13.6. The smallest absolute Gasteiger partial charge is 0.243 e. The molecule has 1 aromatic carbocycles. The Bertz CT molecular complexity index is 966. The lowest BCUT2D eigenvalue weighted by Crippen LogP contribution is -2.48. The first-order valence-electron chi connectivity index (χ1n) is 11.8. The molecule has 1 aliphatic heterocycles. The average molecular weight is 449 g/mol. The molecule has 3 saturated carbocycles. The lowest BCUT2D eigenvalue weighted by atomic mass is 9.68. The zero-order chi connectivity index (χ0) is 21.9. The second-order valence-electron chi connectivity index (χ2n) is 10.8. The van der Waals surface area contributed by atoms with Crippen molar-refractivity contribution < 1.29 is 17.6 Å². The molecule has 1 saturated heterocycles. The number of halogens is 1. The topological polar surface area (TPSA) is 66.5 Å². The van der Waals surface area contributed by atoms with E-state index in [1.54, 1.807) is 0 Å². The summed E-state index contributed by atoms with van der Waals surface area (Å²) in [5.41, 5.74) is 0.149. The molecule has 170 valence electrons. The number of rotatable bonds is 5. The summed E-state index contributed by atoms with van der Waals surface area (Å²) in [7, 11) is -3.70. The number of sulfonamides is 1. The second-order valence-corrected chi connectivity index (χ2v) is 12.7. The highest BCUT2D eigenvalue weighted by atomic mass is 32.2. The first-order chi connectivity index (χ1) is 14.7. The third kappa shape index (κ3) is 3.62. The summed E-state index contributed by atoms with van der Waals surface area (Å²) in [6.45, 7) is 3.20. The fourth-order valence-corrected chi connectivity index (χ4v) is 9.09. The van der Waals surface area contributed by atoms with Crippen molar-refractivity contribution in [2.45, 2.75) is 75.6 Å². The lowest BCUT2D eigenvalue weighted by molar-refractivity contribution is -0.133. The number of carbonyl (C=O) groups excluding carboxylic acids is 1. The fourth-order valence-electron chi connectivity index (χ4n) is 7.39. The lowest BCUT2D eigenvalue weighted by Gasteiger charge is -2.37. The quantitative estimate of drug-likeness (QED) is 0.738. The Labute approximate surface area is 184 Å². The van der Waals surface area contributed by atoms with Crippen molar-refractivity contribution in [2.24, 2.45) is 22.7 Å². The summed E-state index contributed by atoms with van der Waals surface area (Å²) in [5.74, 6) is 0.833. The van der Waals surface area contributed by atoms with Gasteiger partial charge in [-0.15, -0.1) is 0 Å². The van der Waals surface area contributed by atoms with Crippen molar-refractivity contribution in [3.8, 4) is 0 Å². The van der Waals surface area contributed by atoms with Gasteiger partial charge < -0.3 is 5.32 Å². The van der Waals surface area contributed by atoms with E-state index < -0.39 is 15.8 Å². The molecular weight excluding hydrogens is 415 g/mol. The van der Waals surface area contributed by atoms with Gasteiger partial charge in [-0.1, -0.05) is 13.3 Å². The number of nitrogens with one attached hydrogen (secondary N) is 1. The van der Waals surface area contributed by atoms with Gasteiger partial charge in [-0.2, -0.15) is 4.31 Å². The van der Waals surface area contributed by atoms with Gasteiger partial charge in [-0.25, -0.2) is 12.8 Å². The van der Waals surface area contributed by atoms with E-state index >= 15 is 0 Å². The molecule has 7 heteroatoms. The summed E-state index contributed by atoms with van der Waals surface area (Å²) in [5, 5.41) is 3.19. The van der Waals surface area contributed by atoms with Crippen LogP contribution in [0.1, 0.15) is 64.7 Å². The minimum Gasteiger partial charge on any atom is -0.354 e. The molecule has 1 amide bonds. The highest BCUT2D eigenvalue weighted by molar-refractivity contribution is 7.89. The van der Waals surface area contributed by atoms with Gasteiger partial charge in [0.05, 0.1) is 10.3 Å². The van der Waals surface area contributed by atoms with Crippen molar-refractivity contribution in [1.29, 1.82) is 0 Å². The Kier molecular flexibility index (Phi) is 5.20. The molecule has 1 N–H and O–H groups in total. The highest BCUT2D eigenvalue weighted by Gasteiger charge is 2.58. The number of nitrogens with zero attached hydrogens (tertiary/aromatic N) is 1. The maximum atomic E-state index is 13.5. The van der Waals surface area contributed by atoms with Gasteiger partial charge in [0.15, 0.2) is 0 Å². The van der Waals surface area contributed by atoms with E-state index in [4.69, 9.17) is 0 Å². The highest BCUT2D eigenvalue weighted by Crippen LogP contribution is 2.64. The van der Waals surface area contributed by atoms with Gasteiger partial charge in [0.2, 0.25) is 15.9 Å². The minimum atomic E-state index is -3.70. The molecular formula is C24H33FN2O3S. The molecule has 1 heterocycles. The van der Waals surface area contributed by atoms with Gasteiger partial charge in [0.1, 0.15) is 5.82 Å². The maximum absolute atomic E-state index is 13.5. The molecule has 3 bridgehead atoms. The molecule has 0 spiro atoms. The Hall–Kier alpha value is -1.47. The average Bonchev–Trinajstić information content (AvgIpc) is 3.27. The second kappa shape index (κ2) is 7.55. The van der Waals surface area contributed by atoms with Crippen LogP contribution in [0.25, 0.3) is 0 Å². The van der Waals surface area contributed by atoms with Crippen molar-refractivity contribution >= 4 is 15.9 Å². The first kappa shape index (κ1) is 21.4. The molecule has 5 rings (SSSR count). The van der Waals surface area contributed by atoms with E-state index in [-0.39, 0.29) is 22.3 Å². The van der Waals surface area contributed by atoms with Crippen LogP contribution in [0.15, 0.2) is 29.2 Å². The zero-order valence-electron chi connectivity index (χ0n) is 18.3. The molecule has 1 aromatic rings. The van der Waals surface area contributed by atoms with Gasteiger partial charge >= 0.3 is 0 Å². The number of fused-ring (bicyclic) bond motifs is 2.